The maximum Gasteiger partial charge on any atom is 0.226 e. The Labute approximate surface area is 130 Å². The molecule has 1 atom stereocenters. The van der Waals surface area contributed by atoms with Gasteiger partial charge in [-0.25, -0.2) is 4.68 Å². The van der Waals surface area contributed by atoms with Crippen molar-refractivity contribution in [3.8, 4) is 0 Å². The molecule has 0 radical (unpaired) electrons. The van der Waals surface area contributed by atoms with Gasteiger partial charge in [-0.2, -0.15) is 10.1 Å². The zero-order valence-electron chi connectivity index (χ0n) is 10.9. The fraction of sp³-hybridized carbons (Fsp3) is 0.0667. The Kier molecular flexibility index (Phi) is 3.02. The number of rotatable bonds is 2. The minimum atomic E-state index is -0.0606. The molecule has 0 bridgehead atoms. The monoisotopic (exact) mass is 314 g/mol. The molecule has 1 aromatic carbocycles. The second kappa shape index (κ2) is 5.02. The third-order valence-corrected chi connectivity index (χ3v) is 4.67. The highest BCUT2D eigenvalue weighted by Crippen LogP contribution is 2.35. The normalized spacial score (nSPS) is 17.0. The van der Waals surface area contributed by atoms with Crippen LogP contribution in [-0.4, -0.2) is 14.8 Å². The number of benzene rings is 1. The maximum absolute atomic E-state index is 6.36. The first-order valence-corrected chi connectivity index (χ1v) is 7.75. The molecule has 104 valence electrons. The molecule has 1 aliphatic rings. The fourth-order valence-corrected chi connectivity index (χ4v) is 3.40. The van der Waals surface area contributed by atoms with Crippen LogP contribution in [0.5, 0.6) is 0 Å². The van der Waals surface area contributed by atoms with Gasteiger partial charge in [0.05, 0.1) is 10.6 Å². The fourth-order valence-electron chi connectivity index (χ4n) is 2.45. The summed E-state index contributed by atoms with van der Waals surface area (Å²) < 4.78 is 1.85. The van der Waals surface area contributed by atoms with Gasteiger partial charge in [-0.1, -0.05) is 35.9 Å². The molecule has 0 amide bonds. The lowest BCUT2D eigenvalue weighted by Crippen LogP contribution is -2.20. The summed E-state index contributed by atoms with van der Waals surface area (Å²) in [5.41, 5.74) is 2.05. The predicted molar refractivity (Wildman–Crippen MR) is 85.5 cm³/mol. The lowest BCUT2D eigenvalue weighted by atomic mass is 10.0. The molecular formula is C15H11ClN4S. The van der Waals surface area contributed by atoms with Crippen molar-refractivity contribution in [2.75, 3.05) is 5.32 Å². The summed E-state index contributed by atoms with van der Waals surface area (Å²) in [6, 6.07) is 11.9. The van der Waals surface area contributed by atoms with E-state index in [4.69, 9.17) is 11.6 Å². The van der Waals surface area contributed by atoms with Crippen molar-refractivity contribution in [2.45, 2.75) is 6.04 Å². The van der Waals surface area contributed by atoms with Crippen molar-refractivity contribution in [2.24, 2.45) is 0 Å². The van der Waals surface area contributed by atoms with E-state index >= 15 is 0 Å². The van der Waals surface area contributed by atoms with Crippen LogP contribution in [0.15, 0.2) is 54.2 Å². The van der Waals surface area contributed by atoms with Gasteiger partial charge in [-0.15, -0.1) is 11.3 Å². The molecule has 3 heterocycles. The Balaban J connectivity index is 1.87. The number of hydrogen-bond acceptors (Lipinski definition) is 4. The van der Waals surface area contributed by atoms with E-state index < -0.39 is 0 Å². The summed E-state index contributed by atoms with van der Waals surface area (Å²) in [6.45, 7) is 0. The van der Waals surface area contributed by atoms with E-state index in [9.17, 15) is 0 Å². The van der Waals surface area contributed by atoms with Gasteiger partial charge < -0.3 is 5.32 Å². The third kappa shape index (κ3) is 2.14. The van der Waals surface area contributed by atoms with Gasteiger partial charge in [0.15, 0.2) is 0 Å². The lowest BCUT2D eigenvalue weighted by molar-refractivity contribution is 0.612. The quantitative estimate of drug-likeness (QED) is 0.776. The van der Waals surface area contributed by atoms with E-state index in [1.807, 2.05) is 35.0 Å². The predicted octanol–water partition coefficient (Wildman–Crippen LogP) is 4.05. The topological polar surface area (TPSA) is 42.7 Å². The van der Waals surface area contributed by atoms with Crippen LogP contribution in [0.4, 0.5) is 5.95 Å². The number of nitrogens with zero attached hydrogens (tertiary/aromatic N) is 3. The number of hydrogen-bond donors (Lipinski definition) is 1. The van der Waals surface area contributed by atoms with Crippen molar-refractivity contribution in [1.82, 2.24) is 14.8 Å². The summed E-state index contributed by atoms with van der Waals surface area (Å²) in [5.74, 6) is 0.728. The Bertz CT molecular complexity index is 807. The van der Waals surface area contributed by atoms with Crippen molar-refractivity contribution < 1.29 is 0 Å². The highest BCUT2D eigenvalue weighted by molar-refractivity contribution is 7.11. The molecule has 0 fully saturated rings. The van der Waals surface area contributed by atoms with Gasteiger partial charge in [0.25, 0.3) is 0 Å². The molecule has 6 heteroatoms. The standard InChI is InChI=1S/C15H11ClN4S/c16-11-5-2-1-4-10(11)13-8-12(14-6-3-7-21-14)19-15-17-9-18-20(13)15/h1-9,13H,(H,17,18,19). The summed E-state index contributed by atoms with van der Waals surface area (Å²) in [5, 5.41) is 10.4. The molecule has 1 aliphatic heterocycles. The maximum atomic E-state index is 6.36. The van der Waals surface area contributed by atoms with E-state index in [-0.39, 0.29) is 6.04 Å². The van der Waals surface area contributed by atoms with Gasteiger partial charge in [-0.3, -0.25) is 0 Å². The molecular weight excluding hydrogens is 304 g/mol. The Morgan fingerprint density at radius 1 is 1.19 bits per heavy atom. The minimum Gasteiger partial charge on any atom is -0.323 e. The molecule has 1 N–H and O–H groups in total. The second-order valence-electron chi connectivity index (χ2n) is 4.68. The van der Waals surface area contributed by atoms with Crippen LogP contribution in [0.1, 0.15) is 16.5 Å². The number of fused-ring (bicyclic) bond motifs is 1. The van der Waals surface area contributed by atoms with E-state index in [0.29, 0.717) is 0 Å². The molecule has 2 aromatic heterocycles. The number of aromatic nitrogens is 3. The van der Waals surface area contributed by atoms with E-state index in [0.717, 1.165) is 22.2 Å². The molecule has 4 rings (SSSR count). The summed E-state index contributed by atoms with van der Waals surface area (Å²) in [6.07, 6.45) is 3.69. The zero-order valence-corrected chi connectivity index (χ0v) is 12.5. The first kappa shape index (κ1) is 12.6. The van der Waals surface area contributed by atoms with Gasteiger partial charge in [0, 0.05) is 5.02 Å². The van der Waals surface area contributed by atoms with Gasteiger partial charge in [-0.05, 0) is 29.2 Å². The molecule has 0 spiro atoms. The molecule has 0 aliphatic carbocycles. The van der Waals surface area contributed by atoms with Crippen molar-refractivity contribution in [3.63, 3.8) is 0 Å². The number of halogens is 1. The third-order valence-electron chi connectivity index (χ3n) is 3.42. The minimum absolute atomic E-state index is 0.0606. The lowest BCUT2D eigenvalue weighted by Gasteiger charge is -2.24. The number of anilines is 1. The first-order valence-electron chi connectivity index (χ1n) is 6.49. The van der Waals surface area contributed by atoms with Crippen LogP contribution in [0.3, 0.4) is 0 Å². The molecule has 0 saturated carbocycles. The van der Waals surface area contributed by atoms with Crippen molar-refractivity contribution in [1.29, 1.82) is 0 Å². The number of nitrogens with one attached hydrogen (secondary N) is 1. The molecule has 21 heavy (non-hydrogen) atoms. The van der Waals surface area contributed by atoms with Crippen LogP contribution in [-0.2, 0) is 0 Å². The van der Waals surface area contributed by atoms with Crippen molar-refractivity contribution >= 4 is 34.6 Å². The highest BCUT2D eigenvalue weighted by atomic mass is 35.5. The van der Waals surface area contributed by atoms with E-state index in [1.54, 1.807) is 17.7 Å². The van der Waals surface area contributed by atoms with Crippen LogP contribution in [0.25, 0.3) is 5.70 Å². The van der Waals surface area contributed by atoms with Crippen LogP contribution in [0.2, 0.25) is 5.02 Å². The van der Waals surface area contributed by atoms with E-state index in [1.165, 1.54) is 4.88 Å². The average Bonchev–Trinajstić information content (AvgIpc) is 3.18. The Hall–Kier alpha value is -2.11. The van der Waals surface area contributed by atoms with E-state index in [2.05, 4.69) is 32.9 Å². The summed E-state index contributed by atoms with van der Waals surface area (Å²) in [4.78, 5) is 5.45. The van der Waals surface area contributed by atoms with Crippen molar-refractivity contribution in [3.05, 3.63) is 69.6 Å². The van der Waals surface area contributed by atoms with Gasteiger partial charge >= 0.3 is 0 Å². The Morgan fingerprint density at radius 3 is 2.90 bits per heavy atom. The molecule has 3 aromatic rings. The van der Waals surface area contributed by atoms with Crippen LogP contribution < -0.4 is 5.32 Å². The first-order chi connectivity index (χ1) is 10.3. The summed E-state index contributed by atoms with van der Waals surface area (Å²) in [7, 11) is 0. The average molecular weight is 315 g/mol. The SMILES string of the molecule is Clc1ccccc1C1C=C(c2cccs2)Nc2ncnn21. The Morgan fingerprint density at radius 2 is 2.10 bits per heavy atom. The molecule has 1 unspecified atom stereocenters. The van der Waals surface area contributed by atoms with Crippen LogP contribution >= 0.6 is 22.9 Å². The number of thiophene rings is 1. The van der Waals surface area contributed by atoms with Crippen LogP contribution in [0, 0.1) is 0 Å². The largest absolute Gasteiger partial charge is 0.323 e. The van der Waals surface area contributed by atoms with Gasteiger partial charge in [0.1, 0.15) is 12.4 Å². The van der Waals surface area contributed by atoms with Gasteiger partial charge in [0.2, 0.25) is 5.95 Å². The molecule has 0 saturated heterocycles. The smallest absolute Gasteiger partial charge is 0.226 e. The zero-order chi connectivity index (χ0) is 14.2. The number of allylic oxidation sites excluding steroid dienone is 1. The second-order valence-corrected chi connectivity index (χ2v) is 6.03. The summed E-state index contributed by atoms with van der Waals surface area (Å²) >= 11 is 8.04. The highest BCUT2D eigenvalue weighted by Gasteiger charge is 2.24. The molecule has 4 nitrogen and oxygen atoms in total.